The topological polar surface area (TPSA) is 9.23 Å². The molecule has 0 radical (unpaired) electrons. The molecule has 0 amide bonds. The van der Waals surface area contributed by atoms with E-state index in [0.717, 1.165) is 44.3 Å². The number of ether oxygens (including phenoxy) is 1. The summed E-state index contributed by atoms with van der Waals surface area (Å²) in [6.07, 6.45) is 3.36. The van der Waals surface area contributed by atoms with Crippen LogP contribution in [-0.2, 0) is 4.74 Å². The van der Waals surface area contributed by atoms with Crippen molar-refractivity contribution in [1.29, 1.82) is 0 Å². The van der Waals surface area contributed by atoms with Crippen molar-refractivity contribution in [2.24, 2.45) is 11.3 Å². The highest BCUT2D eigenvalue weighted by Crippen LogP contribution is 2.26. The third-order valence-electron chi connectivity index (χ3n) is 2.87. The molecule has 14 heavy (non-hydrogen) atoms. The molecule has 1 atom stereocenters. The van der Waals surface area contributed by atoms with Gasteiger partial charge in [0.05, 0.1) is 0 Å². The summed E-state index contributed by atoms with van der Waals surface area (Å²) in [5, 5.41) is 0. The maximum atomic E-state index is 5.92. The summed E-state index contributed by atoms with van der Waals surface area (Å²) in [6, 6.07) is 0. The molecule has 0 heterocycles. The van der Waals surface area contributed by atoms with Crippen LogP contribution >= 0.6 is 11.6 Å². The average Bonchev–Trinajstić information content (AvgIpc) is 2.16. The van der Waals surface area contributed by atoms with Crippen LogP contribution in [0.15, 0.2) is 0 Å². The molecular formula is C12H25ClO. The van der Waals surface area contributed by atoms with E-state index in [2.05, 4.69) is 27.7 Å². The minimum atomic E-state index is 0.263. The minimum absolute atomic E-state index is 0.263. The summed E-state index contributed by atoms with van der Waals surface area (Å²) >= 11 is 5.92. The first-order chi connectivity index (χ1) is 6.54. The Morgan fingerprint density at radius 3 is 2.36 bits per heavy atom. The molecule has 0 bridgehead atoms. The molecule has 1 nitrogen and oxygen atoms in total. The summed E-state index contributed by atoms with van der Waals surface area (Å²) in [5.41, 5.74) is 0.263. The molecule has 0 aromatic heterocycles. The van der Waals surface area contributed by atoms with Crippen LogP contribution < -0.4 is 0 Å². The van der Waals surface area contributed by atoms with Gasteiger partial charge in [0.15, 0.2) is 0 Å². The predicted molar refractivity (Wildman–Crippen MR) is 64.0 cm³/mol. The first-order valence-corrected chi connectivity index (χ1v) is 6.21. The zero-order valence-corrected chi connectivity index (χ0v) is 10.9. The highest BCUT2D eigenvalue weighted by Gasteiger charge is 2.20. The van der Waals surface area contributed by atoms with Crippen molar-refractivity contribution in [2.45, 2.75) is 47.0 Å². The van der Waals surface area contributed by atoms with Gasteiger partial charge in [-0.15, -0.1) is 11.6 Å². The minimum Gasteiger partial charge on any atom is -0.381 e. The first kappa shape index (κ1) is 14.2. The fourth-order valence-corrected chi connectivity index (χ4v) is 1.40. The lowest BCUT2D eigenvalue weighted by Gasteiger charge is -2.25. The third kappa shape index (κ3) is 6.67. The fourth-order valence-electron chi connectivity index (χ4n) is 1.08. The van der Waals surface area contributed by atoms with E-state index in [1.165, 1.54) is 0 Å². The Labute approximate surface area is 94.2 Å². The Balaban J connectivity index is 3.43. The summed E-state index contributed by atoms with van der Waals surface area (Å²) in [5.74, 6) is 1.47. The number of rotatable bonds is 8. The van der Waals surface area contributed by atoms with E-state index >= 15 is 0 Å². The van der Waals surface area contributed by atoms with Crippen LogP contribution in [0.2, 0.25) is 0 Å². The second kappa shape index (κ2) is 7.53. The van der Waals surface area contributed by atoms with Gasteiger partial charge in [-0.3, -0.25) is 0 Å². The molecule has 0 aliphatic heterocycles. The highest BCUT2D eigenvalue weighted by molar-refractivity contribution is 6.18. The zero-order valence-electron chi connectivity index (χ0n) is 10.1. The average molecular weight is 221 g/mol. The van der Waals surface area contributed by atoms with Gasteiger partial charge < -0.3 is 4.74 Å². The molecule has 0 saturated carbocycles. The van der Waals surface area contributed by atoms with Gasteiger partial charge in [-0.25, -0.2) is 0 Å². The standard InChI is InChI=1S/C12H25ClO/c1-5-12(4,10-13)7-9-14-8-6-11(2)3/h11H,5-10H2,1-4H3. The first-order valence-electron chi connectivity index (χ1n) is 5.68. The summed E-state index contributed by atoms with van der Waals surface area (Å²) < 4.78 is 5.59. The molecule has 0 aliphatic rings. The molecule has 86 valence electrons. The smallest absolute Gasteiger partial charge is 0.0471 e. The molecule has 2 heteroatoms. The lowest BCUT2D eigenvalue weighted by atomic mass is 9.87. The van der Waals surface area contributed by atoms with Crippen molar-refractivity contribution in [3.8, 4) is 0 Å². The van der Waals surface area contributed by atoms with E-state index < -0.39 is 0 Å². The zero-order chi connectivity index (χ0) is 11.0. The molecule has 0 aromatic rings. The lowest BCUT2D eigenvalue weighted by Crippen LogP contribution is -2.20. The van der Waals surface area contributed by atoms with Crippen molar-refractivity contribution < 1.29 is 4.74 Å². The number of halogens is 1. The van der Waals surface area contributed by atoms with Crippen LogP contribution in [0.3, 0.4) is 0 Å². The predicted octanol–water partition coefficient (Wildman–Crippen LogP) is 4.09. The molecule has 0 fully saturated rings. The maximum absolute atomic E-state index is 5.92. The summed E-state index contributed by atoms with van der Waals surface area (Å²) in [4.78, 5) is 0. The molecule has 0 saturated heterocycles. The van der Waals surface area contributed by atoms with E-state index in [4.69, 9.17) is 16.3 Å². The number of hydrogen-bond donors (Lipinski definition) is 0. The molecule has 0 aliphatic carbocycles. The number of hydrogen-bond acceptors (Lipinski definition) is 1. The Morgan fingerprint density at radius 2 is 1.93 bits per heavy atom. The Hall–Kier alpha value is 0.250. The molecule has 0 rings (SSSR count). The summed E-state index contributed by atoms with van der Waals surface area (Å²) in [6.45, 7) is 10.6. The van der Waals surface area contributed by atoms with Gasteiger partial charge in [0.1, 0.15) is 0 Å². The van der Waals surface area contributed by atoms with Crippen molar-refractivity contribution in [2.75, 3.05) is 19.1 Å². The van der Waals surface area contributed by atoms with Crippen LogP contribution in [0.25, 0.3) is 0 Å². The van der Waals surface area contributed by atoms with Crippen LogP contribution in [-0.4, -0.2) is 19.1 Å². The number of alkyl halides is 1. The van der Waals surface area contributed by atoms with Crippen LogP contribution in [0.1, 0.15) is 47.0 Å². The Kier molecular flexibility index (Phi) is 7.66. The van der Waals surface area contributed by atoms with E-state index in [1.54, 1.807) is 0 Å². The summed E-state index contributed by atoms with van der Waals surface area (Å²) in [7, 11) is 0. The fraction of sp³-hybridized carbons (Fsp3) is 1.00. The van der Waals surface area contributed by atoms with Gasteiger partial charge in [-0.1, -0.05) is 27.7 Å². The van der Waals surface area contributed by atoms with Crippen LogP contribution in [0.4, 0.5) is 0 Å². The van der Waals surface area contributed by atoms with E-state index in [-0.39, 0.29) is 5.41 Å². The van der Waals surface area contributed by atoms with Crippen molar-refractivity contribution in [3.05, 3.63) is 0 Å². The normalized spacial score (nSPS) is 15.9. The molecule has 1 unspecified atom stereocenters. The van der Waals surface area contributed by atoms with Gasteiger partial charge in [-0.2, -0.15) is 0 Å². The van der Waals surface area contributed by atoms with Gasteiger partial charge in [0.25, 0.3) is 0 Å². The van der Waals surface area contributed by atoms with Crippen molar-refractivity contribution >= 4 is 11.6 Å². The molecular weight excluding hydrogens is 196 g/mol. The quantitative estimate of drug-likeness (QED) is 0.442. The van der Waals surface area contributed by atoms with Gasteiger partial charge in [-0.05, 0) is 30.6 Å². The second-order valence-electron chi connectivity index (χ2n) is 4.84. The SMILES string of the molecule is CCC(C)(CCl)CCOCCC(C)C. The maximum Gasteiger partial charge on any atom is 0.0471 e. The van der Waals surface area contributed by atoms with Crippen LogP contribution in [0.5, 0.6) is 0 Å². The largest absolute Gasteiger partial charge is 0.381 e. The van der Waals surface area contributed by atoms with E-state index in [1.807, 2.05) is 0 Å². The monoisotopic (exact) mass is 220 g/mol. The van der Waals surface area contributed by atoms with Crippen molar-refractivity contribution in [1.82, 2.24) is 0 Å². The Bertz CT molecular complexity index is 130. The molecule has 0 N–H and O–H groups in total. The molecule has 0 spiro atoms. The van der Waals surface area contributed by atoms with Gasteiger partial charge >= 0.3 is 0 Å². The van der Waals surface area contributed by atoms with E-state index in [9.17, 15) is 0 Å². The third-order valence-corrected chi connectivity index (χ3v) is 3.51. The second-order valence-corrected chi connectivity index (χ2v) is 5.11. The molecule has 0 aromatic carbocycles. The van der Waals surface area contributed by atoms with Gasteiger partial charge in [0.2, 0.25) is 0 Å². The van der Waals surface area contributed by atoms with Crippen LogP contribution in [0, 0.1) is 11.3 Å². The highest BCUT2D eigenvalue weighted by atomic mass is 35.5. The Morgan fingerprint density at radius 1 is 1.29 bits per heavy atom. The van der Waals surface area contributed by atoms with Gasteiger partial charge in [0, 0.05) is 19.1 Å². The lowest BCUT2D eigenvalue weighted by molar-refractivity contribution is 0.0956. The van der Waals surface area contributed by atoms with Crippen molar-refractivity contribution in [3.63, 3.8) is 0 Å². The van der Waals surface area contributed by atoms with E-state index in [0.29, 0.717) is 0 Å².